The minimum Gasteiger partial charge on any atom is -0.497 e. The number of halogens is 1. The highest BCUT2D eigenvalue weighted by Gasteiger charge is 2.50. The predicted octanol–water partition coefficient (Wildman–Crippen LogP) is 10.3. The number of fused-ring (bicyclic) bond motifs is 2. The number of sulfonamides is 1. The van der Waals surface area contributed by atoms with Crippen LogP contribution in [0.3, 0.4) is 0 Å². The Kier molecular flexibility index (Phi) is 14.9. The molecule has 18 nitrogen and oxygen atoms in total. The molecule has 0 radical (unpaired) electrons. The predicted molar refractivity (Wildman–Crippen MR) is 303 cm³/mol. The summed E-state index contributed by atoms with van der Waals surface area (Å²) in [5.41, 5.74) is 3.14. The second-order valence-corrected chi connectivity index (χ2v) is 24.4. The number of hydrogen-bond acceptors (Lipinski definition) is 14. The minimum atomic E-state index is -4.83. The lowest BCUT2D eigenvalue weighted by Gasteiger charge is -2.58. The van der Waals surface area contributed by atoms with Crippen molar-refractivity contribution in [2.24, 2.45) is 5.41 Å². The first-order valence-corrected chi connectivity index (χ1v) is 29.0. The molecule has 6 heterocycles. The number of alkyl halides is 1. The highest BCUT2D eigenvalue weighted by atomic mass is 32.2. The maximum atomic E-state index is 16.1. The van der Waals surface area contributed by atoms with Gasteiger partial charge in [0.05, 0.1) is 35.6 Å². The lowest BCUT2D eigenvalue weighted by atomic mass is 9.59. The Balaban J connectivity index is 0.803. The van der Waals surface area contributed by atoms with Gasteiger partial charge in [0.25, 0.3) is 21.6 Å². The van der Waals surface area contributed by atoms with Gasteiger partial charge in [-0.25, -0.2) is 27.5 Å². The standard InChI is InChI=1S/C59H70FN11O7S/c1-38(2)46-8-6-7-9-47(46)50-35-67(34-40-10-13-44(77-5)14-11-40)26-27-70(50)43-31-58(32-43)17-22-69(23-18-58)42-12-15-48(51(29-42)78-45-28-41-16-21-61-56(41)62-33-45)57(72)66-79(75,76)52-30-49(71(73)74)53(55-54(52)64-37-65-55)63-36-59(60)19-24-68(25-20-59)39(3)4/h6-16,21,28-30,33,37-39,43,50,63H,17-20,22-27,31-32,34-36H2,1-5H3,(H,61,62)(H,64,65)(H,66,72). The number of imidazole rings is 1. The Morgan fingerprint density at radius 3 is 2.38 bits per heavy atom. The fraction of sp³-hybridized carbons (Fsp3) is 0.441. The zero-order chi connectivity index (χ0) is 55.2. The van der Waals surface area contributed by atoms with Crippen molar-refractivity contribution in [3.05, 3.63) is 136 Å². The number of nitro groups is 1. The second kappa shape index (κ2) is 21.8. The van der Waals surface area contributed by atoms with E-state index >= 15 is 4.39 Å². The van der Waals surface area contributed by atoms with Crippen LogP contribution in [0.2, 0.25) is 0 Å². The monoisotopic (exact) mass is 1100 g/mol. The molecule has 20 heteroatoms. The largest absolute Gasteiger partial charge is 0.497 e. The van der Waals surface area contributed by atoms with Crippen LogP contribution in [0.4, 0.5) is 21.5 Å². The van der Waals surface area contributed by atoms with E-state index in [1.807, 2.05) is 18.2 Å². The number of likely N-dealkylation sites (tertiary alicyclic amines) is 1. The van der Waals surface area contributed by atoms with E-state index in [2.05, 4.69) is 114 Å². The van der Waals surface area contributed by atoms with Crippen LogP contribution in [-0.2, 0) is 16.6 Å². The molecule has 4 N–H and O–H groups in total. The zero-order valence-corrected chi connectivity index (χ0v) is 46.3. The van der Waals surface area contributed by atoms with E-state index in [0.29, 0.717) is 36.4 Å². The smallest absolute Gasteiger partial charge is 0.296 e. The molecule has 3 aliphatic heterocycles. The van der Waals surface area contributed by atoms with Crippen molar-refractivity contribution < 1.29 is 32.0 Å². The molecule has 11 rings (SSSR count). The number of amides is 1. The van der Waals surface area contributed by atoms with Crippen LogP contribution in [0.15, 0.2) is 109 Å². The Labute approximate surface area is 460 Å². The van der Waals surface area contributed by atoms with Gasteiger partial charge in [-0.15, -0.1) is 0 Å². The van der Waals surface area contributed by atoms with Crippen molar-refractivity contribution in [2.45, 2.75) is 107 Å². The van der Waals surface area contributed by atoms with Gasteiger partial charge in [0.2, 0.25) is 0 Å². The molecule has 1 aliphatic carbocycles. The number of hydrogen-bond donors (Lipinski definition) is 4. The number of piperidine rings is 2. The third kappa shape index (κ3) is 11.1. The molecule has 1 spiro atoms. The fourth-order valence-electron chi connectivity index (χ4n) is 12.6. The molecule has 4 aromatic carbocycles. The van der Waals surface area contributed by atoms with E-state index < -0.39 is 37.1 Å². The lowest BCUT2D eigenvalue weighted by molar-refractivity contribution is -0.384. The van der Waals surface area contributed by atoms with Gasteiger partial charge in [0, 0.05) is 106 Å². The Morgan fingerprint density at radius 1 is 0.899 bits per heavy atom. The molecule has 1 atom stereocenters. The van der Waals surface area contributed by atoms with Crippen LogP contribution in [0.5, 0.6) is 17.2 Å². The van der Waals surface area contributed by atoms with Crippen molar-refractivity contribution in [3.8, 4) is 17.2 Å². The van der Waals surface area contributed by atoms with Crippen LogP contribution >= 0.6 is 0 Å². The summed E-state index contributed by atoms with van der Waals surface area (Å²) >= 11 is 0. The van der Waals surface area contributed by atoms with E-state index in [0.717, 1.165) is 87.8 Å². The summed E-state index contributed by atoms with van der Waals surface area (Å²) in [6.07, 6.45) is 9.17. The number of methoxy groups -OCH3 is 1. The number of carbonyl (C=O) groups is 1. The van der Waals surface area contributed by atoms with Gasteiger partial charge in [0.15, 0.2) is 0 Å². The lowest BCUT2D eigenvalue weighted by Crippen LogP contribution is -2.60. The van der Waals surface area contributed by atoms with Crippen LogP contribution in [0.25, 0.3) is 22.1 Å². The molecular weight excluding hydrogens is 1030 g/mol. The summed E-state index contributed by atoms with van der Waals surface area (Å²) in [5.74, 6) is 0.668. The molecular formula is C59H70FN11O7S. The quantitative estimate of drug-likeness (QED) is 0.0495. The van der Waals surface area contributed by atoms with Crippen LogP contribution in [-0.4, -0.2) is 131 Å². The SMILES string of the molecule is COc1ccc(CN2CCN(C3CC4(CCN(c5ccc(C(=O)NS(=O)(=O)c6cc([N+](=O)[O-])c(NCC7(F)CCN(C(C)C)CC7)c7[nH]cnc67)c(Oc6cnc7[nH]ccc7c6)c5)CC4)C3)C(c3ccccc3C(C)C)C2)cc1. The molecule has 3 aromatic heterocycles. The van der Waals surface area contributed by atoms with Crippen molar-refractivity contribution in [1.82, 2.24) is 39.4 Å². The fourth-order valence-corrected chi connectivity index (χ4v) is 13.8. The van der Waals surface area contributed by atoms with Gasteiger partial charge in [-0.3, -0.25) is 24.7 Å². The summed E-state index contributed by atoms with van der Waals surface area (Å²) in [6, 6.07) is 28.0. The number of nitrogens with one attached hydrogen (secondary N) is 4. The number of anilines is 2. The third-order valence-corrected chi connectivity index (χ3v) is 18.6. The van der Waals surface area contributed by atoms with Crippen molar-refractivity contribution in [1.29, 1.82) is 0 Å². The summed E-state index contributed by atoms with van der Waals surface area (Å²) in [4.78, 5) is 50.1. The summed E-state index contributed by atoms with van der Waals surface area (Å²) < 4.78 is 58.8. The molecule has 1 saturated carbocycles. The number of aromatic amines is 2. The molecule has 4 fully saturated rings. The number of ether oxygens (including phenoxy) is 2. The highest BCUT2D eigenvalue weighted by Crippen LogP contribution is 2.53. The van der Waals surface area contributed by atoms with E-state index in [-0.39, 0.29) is 64.9 Å². The number of nitrogens with zero attached hydrogens (tertiary/aromatic N) is 7. The second-order valence-electron chi connectivity index (χ2n) is 22.8. The molecule has 1 unspecified atom stereocenters. The molecule has 79 heavy (non-hydrogen) atoms. The topological polar surface area (TPSA) is 207 Å². The van der Waals surface area contributed by atoms with Crippen LogP contribution in [0, 0.1) is 15.5 Å². The van der Waals surface area contributed by atoms with Crippen molar-refractivity contribution >= 4 is 55.1 Å². The van der Waals surface area contributed by atoms with Gasteiger partial charge < -0.3 is 34.6 Å². The number of rotatable bonds is 17. The first-order valence-electron chi connectivity index (χ1n) is 27.6. The number of pyridine rings is 1. The van der Waals surface area contributed by atoms with Crippen molar-refractivity contribution in [2.75, 3.05) is 69.7 Å². The maximum Gasteiger partial charge on any atom is 0.296 e. The van der Waals surface area contributed by atoms with Crippen LogP contribution in [0.1, 0.15) is 105 Å². The average molecular weight is 1100 g/mol. The molecule has 3 saturated heterocycles. The summed E-state index contributed by atoms with van der Waals surface area (Å²) in [6.45, 7) is 14.9. The Bertz CT molecular complexity index is 3470. The van der Waals surface area contributed by atoms with Crippen molar-refractivity contribution in [3.63, 3.8) is 0 Å². The zero-order valence-electron chi connectivity index (χ0n) is 45.5. The van der Waals surface area contributed by atoms with Gasteiger partial charge in [-0.05, 0) is 117 Å². The first kappa shape index (κ1) is 53.9. The van der Waals surface area contributed by atoms with Gasteiger partial charge in [0.1, 0.15) is 44.7 Å². The normalized spacial score (nSPS) is 19.3. The minimum absolute atomic E-state index is 0.0110. The Morgan fingerprint density at radius 2 is 1.66 bits per heavy atom. The number of piperazine rings is 1. The molecule has 1 amide bonds. The molecule has 7 aromatic rings. The average Bonchev–Trinajstić information content (AvgIpc) is 4.29. The molecule has 4 aliphatic rings. The van der Waals surface area contributed by atoms with E-state index in [1.165, 1.54) is 29.2 Å². The third-order valence-electron chi connectivity index (χ3n) is 17.2. The number of H-pyrrole nitrogens is 2. The number of carbonyl (C=O) groups excluding carboxylic acids is 1. The Hall–Kier alpha value is -7.13. The number of aromatic nitrogens is 4. The first-order chi connectivity index (χ1) is 38.0. The summed E-state index contributed by atoms with van der Waals surface area (Å²) in [7, 11) is -3.13. The van der Waals surface area contributed by atoms with Crippen LogP contribution < -0.4 is 24.4 Å². The van der Waals surface area contributed by atoms with Gasteiger partial charge in [-0.1, -0.05) is 50.2 Å². The number of nitro benzene ring substituents is 1. The van der Waals surface area contributed by atoms with E-state index in [4.69, 9.17) is 9.47 Å². The number of benzene rings is 4. The van der Waals surface area contributed by atoms with Gasteiger partial charge in [-0.2, -0.15) is 0 Å². The highest BCUT2D eigenvalue weighted by molar-refractivity contribution is 7.90. The molecule has 0 bridgehead atoms. The maximum absolute atomic E-state index is 16.1. The van der Waals surface area contributed by atoms with E-state index in [9.17, 15) is 23.3 Å². The van der Waals surface area contributed by atoms with E-state index in [1.54, 1.807) is 37.6 Å². The summed E-state index contributed by atoms with van der Waals surface area (Å²) in [5, 5.41) is 16.3. The molecule has 416 valence electrons. The van der Waals surface area contributed by atoms with Gasteiger partial charge >= 0.3 is 0 Å².